The molecule has 0 atom stereocenters. The van der Waals surface area contributed by atoms with E-state index in [2.05, 4.69) is 15.4 Å². The molecule has 3 N–H and O–H groups in total. The number of carbonyl (C=O) groups is 2. The highest BCUT2D eigenvalue weighted by Gasteiger charge is 2.22. The van der Waals surface area contributed by atoms with E-state index in [4.69, 9.17) is 11.6 Å². The molecule has 0 fully saturated rings. The zero-order chi connectivity index (χ0) is 27.3. The minimum absolute atomic E-state index is 0.0286. The quantitative estimate of drug-likeness (QED) is 0.254. The molecule has 0 aliphatic rings. The number of halogens is 1. The molecule has 0 unspecified atom stereocenters. The molecule has 0 saturated carbocycles. The Morgan fingerprint density at radius 1 is 0.789 bits per heavy atom. The van der Waals surface area contributed by atoms with Crippen LogP contribution in [0, 0.1) is 13.8 Å². The molecule has 0 radical (unpaired) electrons. The fourth-order valence-corrected chi connectivity index (χ4v) is 5.52. The summed E-state index contributed by atoms with van der Waals surface area (Å²) in [5.41, 5.74) is 3.75. The lowest BCUT2D eigenvalue weighted by Gasteiger charge is -2.14. The SMILES string of the molecule is Cc1cc(C)cc(NS(=O)(=O)c2cc(C(=O)Nc3ccccc3C(=O)NCc3ccccc3)ccc2Cl)c1. The molecule has 0 aromatic heterocycles. The number of anilines is 2. The molecule has 0 aliphatic heterocycles. The Balaban J connectivity index is 1.54. The molecular weight excluding hydrogens is 522 g/mol. The molecule has 2 amide bonds. The Hall–Kier alpha value is -4.14. The molecule has 0 heterocycles. The number of rotatable bonds is 8. The summed E-state index contributed by atoms with van der Waals surface area (Å²) < 4.78 is 28.8. The van der Waals surface area contributed by atoms with Crippen molar-refractivity contribution in [3.05, 3.63) is 124 Å². The summed E-state index contributed by atoms with van der Waals surface area (Å²) in [6.45, 7) is 4.05. The summed E-state index contributed by atoms with van der Waals surface area (Å²) in [4.78, 5) is 25.7. The molecule has 7 nitrogen and oxygen atoms in total. The van der Waals surface area contributed by atoms with Crippen molar-refractivity contribution < 1.29 is 18.0 Å². The van der Waals surface area contributed by atoms with Crippen LogP contribution in [0.4, 0.5) is 11.4 Å². The highest BCUT2D eigenvalue weighted by molar-refractivity contribution is 7.92. The number of aryl methyl sites for hydroxylation is 2. The Bertz CT molecular complexity index is 1590. The van der Waals surface area contributed by atoms with Gasteiger partial charge in [-0.1, -0.05) is 60.1 Å². The van der Waals surface area contributed by atoms with Crippen molar-refractivity contribution in [2.24, 2.45) is 0 Å². The lowest BCUT2D eigenvalue weighted by molar-refractivity contribution is 0.0951. The predicted octanol–water partition coefficient (Wildman–Crippen LogP) is 5.94. The summed E-state index contributed by atoms with van der Waals surface area (Å²) >= 11 is 6.22. The summed E-state index contributed by atoms with van der Waals surface area (Å²) in [6.07, 6.45) is 0. The van der Waals surface area contributed by atoms with Crippen LogP contribution >= 0.6 is 11.6 Å². The van der Waals surface area contributed by atoms with Crippen molar-refractivity contribution in [3.8, 4) is 0 Å². The maximum atomic E-state index is 13.1. The lowest BCUT2D eigenvalue weighted by atomic mass is 10.1. The third-order valence-corrected chi connectivity index (χ3v) is 7.54. The zero-order valence-electron chi connectivity index (χ0n) is 20.8. The highest BCUT2D eigenvalue weighted by Crippen LogP contribution is 2.27. The van der Waals surface area contributed by atoms with E-state index >= 15 is 0 Å². The summed E-state index contributed by atoms with van der Waals surface area (Å²) in [5.74, 6) is -0.949. The van der Waals surface area contributed by atoms with Crippen molar-refractivity contribution in [2.75, 3.05) is 10.0 Å². The monoisotopic (exact) mass is 547 g/mol. The summed E-state index contributed by atoms with van der Waals surface area (Å²) in [5, 5.41) is 5.52. The predicted molar refractivity (Wildman–Crippen MR) is 150 cm³/mol. The molecular formula is C29H26ClN3O4S. The molecule has 4 aromatic rings. The van der Waals surface area contributed by atoms with Gasteiger partial charge in [0.25, 0.3) is 21.8 Å². The minimum Gasteiger partial charge on any atom is -0.348 e. The molecule has 0 saturated heterocycles. The van der Waals surface area contributed by atoms with E-state index in [1.807, 2.05) is 50.2 Å². The van der Waals surface area contributed by atoms with Gasteiger partial charge in [-0.05, 0) is 73.0 Å². The van der Waals surface area contributed by atoms with E-state index in [1.165, 1.54) is 18.2 Å². The second-order valence-electron chi connectivity index (χ2n) is 8.80. The molecule has 4 aromatic carbocycles. The Labute approximate surface area is 226 Å². The smallest absolute Gasteiger partial charge is 0.263 e. The first-order chi connectivity index (χ1) is 18.1. The third kappa shape index (κ3) is 6.59. The van der Waals surface area contributed by atoms with E-state index in [0.29, 0.717) is 12.2 Å². The van der Waals surface area contributed by atoms with E-state index in [-0.39, 0.29) is 32.6 Å². The number of hydrogen-bond donors (Lipinski definition) is 3. The van der Waals surface area contributed by atoms with E-state index < -0.39 is 15.9 Å². The van der Waals surface area contributed by atoms with Gasteiger partial charge in [0.15, 0.2) is 0 Å². The van der Waals surface area contributed by atoms with Gasteiger partial charge in [0.2, 0.25) is 0 Å². The average molecular weight is 548 g/mol. The van der Waals surface area contributed by atoms with Gasteiger partial charge < -0.3 is 10.6 Å². The van der Waals surface area contributed by atoms with Crippen LogP contribution < -0.4 is 15.4 Å². The largest absolute Gasteiger partial charge is 0.348 e. The first kappa shape index (κ1) is 26.9. The van der Waals surface area contributed by atoms with Gasteiger partial charge in [-0.25, -0.2) is 8.42 Å². The minimum atomic E-state index is -4.09. The Kier molecular flexibility index (Phi) is 8.14. The first-order valence-electron chi connectivity index (χ1n) is 11.8. The zero-order valence-corrected chi connectivity index (χ0v) is 22.4. The van der Waals surface area contributed by atoms with Crippen LogP contribution in [0.15, 0.2) is 95.9 Å². The van der Waals surface area contributed by atoms with Gasteiger partial charge >= 0.3 is 0 Å². The Morgan fingerprint density at radius 3 is 2.16 bits per heavy atom. The molecule has 0 spiro atoms. The van der Waals surface area contributed by atoms with Crippen LogP contribution in [-0.2, 0) is 16.6 Å². The number of para-hydroxylation sites is 1. The van der Waals surface area contributed by atoms with Gasteiger partial charge in [-0.3, -0.25) is 14.3 Å². The van der Waals surface area contributed by atoms with E-state index in [9.17, 15) is 18.0 Å². The molecule has 38 heavy (non-hydrogen) atoms. The first-order valence-corrected chi connectivity index (χ1v) is 13.6. The standard InChI is InChI=1S/C29H26ClN3O4S/c1-19-14-20(2)16-23(15-19)33-38(36,37)27-17-22(12-13-25(27)30)28(34)32-26-11-7-6-10-24(26)29(35)31-18-21-8-4-3-5-9-21/h3-17,33H,18H2,1-2H3,(H,31,35)(H,32,34). The average Bonchev–Trinajstić information content (AvgIpc) is 2.87. The van der Waals surface area contributed by atoms with Gasteiger partial charge in [-0.15, -0.1) is 0 Å². The highest BCUT2D eigenvalue weighted by atomic mass is 35.5. The van der Waals surface area contributed by atoms with Crippen molar-refractivity contribution in [3.63, 3.8) is 0 Å². The maximum Gasteiger partial charge on any atom is 0.263 e. The van der Waals surface area contributed by atoms with Crippen LogP contribution in [0.3, 0.4) is 0 Å². The van der Waals surface area contributed by atoms with Crippen LogP contribution in [0.2, 0.25) is 5.02 Å². The van der Waals surface area contributed by atoms with Crippen molar-refractivity contribution in [1.29, 1.82) is 0 Å². The molecule has 9 heteroatoms. The topological polar surface area (TPSA) is 104 Å². The van der Waals surface area contributed by atoms with Gasteiger partial charge in [0.1, 0.15) is 4.90 Å². The van der Waals surface area contributed by atoms with Crippen molar-refractivity contribution in [1.82, 2.24) is 5.32 Å². The molecule has 0 aliphatic carbocycles. The molecule has 0 bridgehead atoms. The number of amides is 2. The van der Waals surface area contributed by atoms with Crippen molar-refractivity contribution >= 4 is 44.8 Å². The third-order valence-electron chi connectivity index (χ3n) is 5.67. The van der Waals surface area contributed by atoms with Crippen LogP contribution in [0.1, 0.15) is 37.4 Å². The molecule has 4 rings (SSSR count). The summed E-state index contributed by atoms with van der Waals surface area (Å²) in [6, 6.07) is 25.4. The number of sulfonamides is 1. The van der Waals surface area contributed by atoms with Gasteiger partial charge in [0, 0.05) is 17.8 Å². The lowest BCUT2D eigenvalue weighted by Crippen LogP contribution is -2.25. The van der Waals surface area contributed by atoms with Gasteiger partial charge in [0.05, 0.1) is 16.3 Å². The van der Waals surface area contributed by atoms with E-state index in [1.54, 1.807) is 36.4 Å². The number of carbonyl (C=O) groups excluding carboxylic acids is 2. The van der Waals surface area contributed by atoms with Gasteiger partial charge in [-0.2, -0.15) is 0 Å². The van der Waals surface area contributed by atoms with Crippen LogP contribution in [0.25, 0.3) is 0 Å². The second-order valence-corrected chi connectivity index (χ2v) is 10.9. The van der Waals surface area contributed by atoms with Crippen molar-refractivity contribution in [2.45, 2.75) is 25.3 Å². The fourth-order valence-electron chi connectivity index (χ4n) is 3.95. The summed E-state index contributed by atoms with van der Waals surface area (Å²) in [7, 11) is -4.09. The normalized spacial score (nSPS) is 11.0. The van der Waals surface area contributed by atoms with Crippen LogP contribution in [-0.4, -0.2) is 20.2 Å². The Morgan fingerprint density at radius 2 is 1.45 bits per heavy atom. The second kappa shape index (κ2) is 11.5. The number of hydrogen-bond acceptors (Lipinski definition) is 4. The van der Waals surface area contributed by atoms with Crippen LogP contribution in [0.5, 0.6) is 0 Å². The molecule has 194 valence electrons. The number of benzene rings is 4. The maximum absolute atomic E-state index is 13.1. The van der Waals surface area contributed by atoms with E-state index in [0.717, 1.165) is 16.7 Å². The number of nitrogens with one attached hydrogen (secondary N) is 3. The fraction of sp³-hybridized carbons (Fsp3) is 0.103.